The first-order chi connectivity index (χ1) is 13.5. The van der Waals surface area contributed by atoms with Crippen LogP contribution in [0.1, 0.15) is 31.2 Å². The van der Waals surface area contributed by atoms with Crippen LogP contribution in [0.3, 0.4) is 0 Å². The maximum Gasteiger partial charge on any atom is 0.227 e. The molecule has 28 heavy (non-hydrogen) atoms. The monoisotopic (exact) mass is 384 g/mol. The van der Waals surface area contributed by atoms with Gasteiger partial charge >= 0.3 is 0 Å². The number of nitrogens with zero attached hydrogens (tertiary/aromatic N) is 3. The number of ether oxygens (including phenoxy) is 1. The summed E-state index contributed by atoms with van der Waals surface area (Å²) in [4.78, 5) is 26.5. The van der Waals surface area contributed by atoms with Crippen LogP contribution in [-0.4, -0.2) is 41.3 Å². The highest BCUT2D eigenvalue weighted by molar-refractivity contribution is 6.00. The fourth-order valence-electron chi connectivity index (χ4n) is 3.51. The molecule has 1 aliphatic heterocycles. The number of hydrogen-bond acceptors (Lipinski definition) is 4. The van der Waals surface area contributed by atoms with E-state index in [1.165, 1.54) is 0 Å². The number of aryl methyl sites for hydroxylation is 3. The van der Waals surface area contributed by atoms with Crippen LogP contribution >= 0.6 is 0 Å². The number of carbonyl (C=O) groups is 2. The summed E-state index contributed by atoms with van der Waals surface area (Å²) in [5, 5.41) is 7.38. The molecule has 1 aliphatic rings. The molecule has 1 saturated heterocycles. The number of hydrogen-bond donors (Lipinski definition) is 1. The van der Waals surface area contributed by atoms with Crippen molar-refractivity contribution in [2.75, 3.05) is 24.6 Å². The summed E-state index contributed by atoms with van der Waals surface area (Å²) in [5.74, 6) is 0.379. The second-order valence-electron chi connectivity index (χ2n) is 7.13. The first-order valence-corrected chi connectivity index (χ1v) is 9.80. The van der Waals surface area contributed by atoms with Crippen LogP contribution < -0.4 is 15.0 Å². The van der Waals surface area contributed by atoms with Crippen molar-refractivity contribution < 1.29 is 14.3 Å². The lowest BCUT2D eigenvalue weighted by Gasteiger charge is -2.17. The van der Waals surface area contributed by atoms with Gasteiger partial charge in [0.25, 0.3) is 0 Å². The second kappa shape index (κ2) is 8.91. The van der Waals surface area contributed by atoms with Gasteiger partial charge in [-0.05, 0) is 57.5 Å². The first kappa shape index (κ1) is 19.9. The lowest BCUT2D eigenvalue weighted by atomic mass is 10.1. The zero-order valence-corrected chi connectivity index (χ0v) is 16.8. The van der Waals surface area contributed by atoms with E-state index < -0.39 is 0 Å². The predicted molar refractivity (Wildman–Crippen MR) is 107 cm³/mol. The topological polar surface area (TPSA) is 76.5 Å². The highest BCUT2D eigenvalue weighted by atomic mass is 16.5. The molecule has 0 spiro atoms. The third-order valence-corrected chi connectivity index (χ3v) is 4.90. The highest BCUT2D eigenvalue weighted by Gasteiger charge is 2.34. The zero-order valence-electron chi connectivity index (χ0n) is 16.8. The Kier molecular flexibility index (Phi) is 6.34. The summed E-state index contributed by atoms with van der Waals surface area (Å²) in [7, 11) is 0. The van der Waals surface area contributed by atoms with Crippen molar-refractivity contribution in [3.05, 3.63) is 41.7 Å². The average Bonchev–Trinajstić information content (AvgIpc) is 3.21. The van der Waals surface area contributed by atoms with E-state index in [0.717, 1.165) is 35.8 Å². The van der Waals surface area contributed by atoms with Crippen LogP contribution in [-0.2, 0) is 16.1 Å². The molecule has 7 nitrogen and oxygen atoms in total. The van der Waals surface area contributed by atoms with Crippen molar-refractivity contribution in [1.82, 2.24) is 15.1 Å². The molecule has 2 amide bonds. The van der Waals surface area contributed by atoms with Crippen molar-refractivity contribution in [2.45, 2.75) is 40.2 Å². The molecule has 2 aromatic rings. The number of carbonyl (C=O) groups excluding carboxylic acids is 2. The first-order valence-electron chi connectivity index (χ1n) is 9.80. The van der Waals surface area contributed by atoms with E-state index in [2.05, 4.69) is 10.4 Å². The maximum absolute atomic E-state index is 12.5. The van der Waals surface area contributed by atoms with Gasteiger partial charge in [0.15, 0.2) is 0 Å². The third kappa shape index (κ3) is 4.71. The summed E-state index contributed by atoms with van der Waals surface area (Å²) >= 11 is 0. The average molecular weight is 384 g/mol. The van der Waals surface area contributed by atoms with E-state index >= 15 is 0 Å². The molecule has 1 aromatic carbocycles. The summed E-state index contributed by atoms with van der Waals surface area (Å²) in [5.41, 5.74) is 2.92. The second-order valence-corrected chi connectivity index (χ2v) is 7.13. The van der Waals surface area contributed by atoms with E-state index in [1.54, 1.807) is 4.90 Å². The molecular formula is C21H28N4O3. The number of aromatic nitrogens is 2. The van der Waals surface area contributed by atoms with E-state index in [9.17, 15) is 9.59 Å². The van der Waals surface area contributed by atoms with Crippen molar-refractivity contribution >= 4 is 17.5 Å². The normalized spacial score (nSPS) is 16.5. The molecular weight excluding hydrogens is 356 g/mol. The molecule has 150 valence electrons. The largest absolute Gasteiger partial charge is 0.494 e. The number of rotatable bonds is 8. The molecule has 1 aromatic heterocycles. The Balaban J connectivity index is 1.47. The van der Waals surface area contributed by atoms with E-state index in [1.807, 2.05) is 55.8 Å². The summed E-state index contributed by atoms with van der Waals surface area (Å²) < 4.78 is 7.38. The van der Waals surface area contributed by atoms with E-state index in [0.29, 0.717) is 19.7 Å². The van der Waals surface area contributed by atoms with E-state index in [4.69, 9.17) is 4.74 Å². The SMILES string of the molecule is CCOc1ccc(N2C[C@@H](C(=O)NCCCn3nc(C)cc3C)CC2=O)cc1. The molecule has 1 N–H and O–H groups in total. The van der Waals surface area contributed by atoms with Crippen LogP contribution in [0.5, 0.6) is 5.75 Å². The molecule has 3 rings (SSSR count). The molecule has 0 unspecified atom stereocenters. The minimum atomic E-state index is -0.312. The van der Waals surface area contributed by atoms with Gasteiger partial charge in [-0.15, -0.1) is 0 Å². The molecule has 1 atom stereocenters. The van der Waals surface area contributed by atoms with Crippen molar-refractivity contribution in [3.8, 4) is 5.75 Å². The molecule has 0 radical (unpaired) electrons. The maximum atomic E-state index is 12.5. The Bertz CT molecular complexity index is 829. The Morgan fingerprint density at radius 2 is 2.04 bits per heavy atom. The van der Waals surface area contributed by atoms with Gasteiger partial charge in [-0.25, -0.2) is 0 Å². The lowest BCUT2D eigenvalue weighted by molar-refractivity contribution is -0.126. The number of benzene rings is 1. The van der Waals surface area contributed by atoms with Crippen molar-refractivity contribution in [2.24, 2.45) is 5.92 Å². The van der Waals surface area contributed by atoms with Crippen LogP contribution in [0.25, 0.3) is 0 Å². The fourth-order valence-corrected chi connectivity index (χ4v) is 3.51. The van der Waals surface area contributed by atoms with Gasteiger partial charge in [-0.2, -0.15) is 5.10 Å². The lowest BCUT2D eigenvalue weighted by Crippen LogP contribution is -2.33. The quantitative estimate of drug-likeness (QED) is 0.710. The minimum Gasteiger partial charge on any atom is -0.494 e. The van der Waals surface area contributed by atoms with Crippen LogP contribution in [0.4, 0.5) is 5.69 Å². The molecule has 0 saturated carbocycles. The van der Waals surface area contributed by atoms with Crippen LogP contribution in [0.15, 0.2) is 30.3 Å². The van der Waals surface area contributed by atoms with Gasteiger partial charge in [0.2, 0.25) is 11.8 Å². The van der Waals surface area contributed by atoms with Gasteiger partial charge in [-0.1, -0.05) is 0 Å². The van der Waals surface area contributed by atoms with E-state index in [-0.39, 0.29) is 24.2 Å². The smallest absolute Gasteiger partial charge is 0.227 e. The van der Waals surface area contributed by atoms with Crippen LogP contribution in [0.2, 0.25) is 0 Å². The Hall–Kier alpha value is -2.83. The summed E-state index contributed by atoms with van der Waals surface area (Å²) in [6.07, 6.45) is 1.05. The highest BCUT2D eigenvalue weighted by Crippen LogP contribution is 2.27. The third-order valence-electron chi connectivity index (χ3n) is 4.90. The number of amides is 2. The van der Waals surface area contributed by atoms with Gasteiger partial charge in [0, 0.05) is 37.4 Å². The Morgan fingerprint density at radius 3 is 2.68 bits per heavy atom. The summed E-state index contributed by atoms with van der Waals surface area (Å²) in [6, 6.07) is 9.45. The van der Waals surface area contributed by atoms with Gasteiger partial charge in [0.1, 0.15) is 5.75 Å². The van der Waals surface area contributed by atoms with Gasteiger partial charge in [0.05, 0.1) is 18.2 Å². The predicted octanol–water partition coefficient (Wildman–Crippen LogP) is 2.46. The molecule has 7 heteroatoms. The summed E-state index contributed by atoms with van der Waals surface area (Å²) in [6.45, 7) is 8.28. The molecule has 0 bridgehead atoms. The van der Waals surface area contributed by atoms with Gasteiger partial charge in [-0.3, -0.25) is 14.3 Å². The zero-order chi connectivity index (χ0) is 20.1. The van der Waals surface area contributed by atoms with Crippen molar-refractivity contribution in [1.29, 1.82) is 0 Å². The number of anilines is 1. The van der Waals surface area contributed by atoms with Crippen LogP contribution in [0, 0.1) is 19.8 Å². The standard InChI is InChI=1S/C21H28N4O3/c1-4-28-19-8-6-18(7-9-19)24-14-17(13-20(24)26)21(27)22-10-5-11-25-16(3)12-15(2)23-25/h6-9,12,17H,4-5,10-11,13-14H2,1-3H3,(H,22,27)/t17-/m0/s1. The van der Waals surface area contributed by atoms with Crippen molar-refractivity contribution in [3.63, 3.8) is 0 Å². The Morgan fingerprint density at radius 1 is 1.29 bits per heavy atom. The molecule has 0 aliphatic carbocycles. The fraction of sp³-hybridized carbons (Fsp3) is 0.476. The molecule has 2 heterocycles. The minimum absolute atomic E-state index is 0.0213. The number of nitrogens with one attached hydrogen (secondary N) is 1. The Labute approximate surface area is 165 Å². The van der Waals surface area contributed by atoms with Gasteiger partial charge < -0.3 is 15.0 Å². The molecule has 1 fully saturated rings.